The lowest BCUT2D eigenvalue weighted by Crippen LogP contribution is -2.39. The molecule has 2 atom stereocenters. The summed E-state index contributed by atoms with van der Waals surface area (Å²) in [4.78, 5) is 2.39. The fourth-order valence-electron chi connectivity index (χ4n) is 4.44. The van der Waals surface area contributed by atoms with Crippen LogP contribution in [0.4, 0.5) is 0 Å². The van der Waals surface area contributed by atoms with Crippen LogP contribution in [0.3, 0.4) is 0 Å². The van der Waals surface area contributed by atoms with Gasteiger partial charge in [0.05, 0.1) is 6.10 Å². The van der Waals surface area contributed by atoms with Crippen LogP contribution in [0.15, 0.2) is 72.8 Å². The van der Waals surface area contributed by atoms with Gasteiger partial charge in [-0.15, -0.1) is 0 Å². The minimum atomic E-state index is -0.612. The van der Waals surface area contributed by atoms with E-state index in [0.29, 0.717) is 23.4 Å². The van der Waals surface area contributed by atoms with Crippen molar-refractivity contribution in [2.75, 3.05) is 6.54 Å². The Balaban J connectivity index is 1.59. The Labute approximate surface area is 183 Å². The summed E-state index contributed by atoms with van der Waals surface area (Å²) in [6.07, 6.45) is 3.45. The highest BCUT2D eigenvalue weighted by molar-refractivity contribution is 6.30. The molecule has 0 saturated heterocycles. The van der Waals surface area contributed by atoms with Crippen molar-refractivity contribution in [1.29, 1.82) is 0 Å². The maximum Gasteiger partial charge on any atom is 0.115 e. The van der Waals surface area contributed by atoms with Crippen molar-refractivity contribution in [3.8, 4) is 5.75 Å². The van der Waals surface area contributed by atoms with E-state index in [1.165, 1.54) is 16.7 Å². The van der Waals surface area contributed by atoms with Crippen LogP contribution in [0.5, 0.6) is 5.75 Å². The lowest BCUT2D eigenvalue weighted by atomic mass is 9.99. The topological polar surface area (TPSA) is 43.7 Å². The molecule has 0 heterocycles. The van der Waals surface area contributed by atoms with E-state index in [4.69, 9.17) is 11.6 Å². The van der Waals surface area contributed by atoms with Gasteiger partial charge in [0.15, 0.2) is 0 Å². The molecule has 2 N–H and O–H groups in total. The van der Waals surface area contributed by atoms with Crippen LogP contribution in [0.1, 0.15) is 41.2 Å². The Bertz CT molecular complexity index is 976. The number of aromatic hydroxyl groups is 1. The second-order valence-electron chi connectivity index (χ2n) is 8.19. The van der Waals surface area contributed by atoms with Gasteiger partial charge in [0, 0.05) is 24.2 Å². The van der Waals surface area contributed by atoms with Crippen LogP contribution < -0.4 is 0 Å². The van der Waals surface area contributed by atoms with E-state index in [-0.39, 0.29) is 0 Å². The third-order valence-electron chi connectivity index (χ3n) is 6.01. The highest BCUT2D eigenvalue weighted by Gasteiger charge is 2.25. The Morgan fingerprint density at radius 2 is 1.80 bits per heavy atom. The number of halogens is 1. The smallest absolute Gasteiger partial charge is 0.115 e. The molecule has 30 heavy (non-hydrogen) atoms. The van der Waals surface area contributed by atoms with E-state index in [1.807, 2.05) is 36.4 Å². The van der Waals surface area contributed by atoms with Crippen molar-refractivity contribution in [2.45, 2.75) is 44.4 Å². The van der Waals surface area contributed by atoms with Crippen molar-refractivity contribution >= 4 is 11.6 Å². The quantitative estimate of drug-likeness (QED) is 0.514. The van der Waals surface area contributed by atoms with Crippen LogP contribution in [-0.4, -0.2) is 27.7 Å². The van der Waals surface area contributed by atoms with Crippen LogP contribution in [0.25, 0.3) is 0 Å². The SMILES string of the molecule is Oc1ccc2c(c1)C[C@@H](N(Cc1ccccc1)C[C@H](O)c1cccc(Cl)c1)CCC2. The van der Waals surface area contributed by atoms with Crippen molar-refractivity contribution in [3.63, 3.8) is 0 Å². The minimum Gasteiger partial charge on any atom is -0.508 e. The summed E-state index contributed by atoms with van der Waals surface area (Å²) in [5.41, 5.74) is 4.61. The number of phenolic OH excluding ortho intramolecular Hbond substituents is 1. The molecule has 0 amide bonds. The van der Waals surface area contributed by atoms with Gasteiger partial charge < -0.3 is 10.2 Å². The number of aryl methyl sites for hydroxylation is 1. The van der Waals surface area contributed by atoms with Crippen molar-refractivity contribution in [1.82, 2.24) is 4.90 Å². The van der Waals surface area contributed by atoms with E-state index >= 15 is 0 Å². The summed E-state index contributed by atoms with van der Waals surface area (Å²) in [5.74, 6) is 0.322. The van der Waals surface area contributed by atoms with Crippen LogP contribution in [0, 0.1) is 0 Å². The molecule has 0 radical (unpaired) electrons. The van der Waals surface area contributed by atoms with E-state index < -0.39 is 6.10 Å². The molecular weight excluding hydrogens is 394 g/mol. The Kier molecular flexibility index (Phi) is 6.73. The first-order valence-electron chi connectivity index (χ1n) is 10.6. The Hall–Kier alpha value is -2.33. The summed E-state index contributed by atoms with van der Waals surface area (Å²) in [6.45, 7) is 1.31. The number of hydrogen-bond donors (Lipinski definition) is 2. The van der Waals surface area contributed by atoms with Gasteiger partial charge in [0.25, 0.3) is 0 Å². The summed E-state index contributed by atoms with van der Waals surface area (Å²) in [5, 5.41) is 21.6. The number of hydrogen-bond acceptors (Lipinski definition) is 3. The molecular formula is C26H28ClNO2. The van der Waals surface area contributed by atoms with Gasteiger partial charge in [-0.1, -0.05) is 60.1 Å². The molecule has 3 nitrogen and oxygen atoms in total. The molecule has 1 aliphatic carbocycles. The number of aliphatic hydroxyl groups excluding tert-OH is 1. The predicted molar refractivity (Wildman–Crippen MR) is 122 cm³/mol. The molecule has 0 bridgehead atoms. The van der Waals surface area contributed by atoms with Gasteiger partial charge in [0.2, 0.25) is 0 Å². The molecule has 0 spiro atoms. The van der Waals surface area contributed by atoms with Crippen molar-refractivity contribution in [2.24, 2.45) is 0 Å². The summed E-state index contributed by atoms with van der Waals surface area (Å²) in [6, 6.07) is 23.9. The van der Waals surface area contributed by atoms with Crippen molar-refractivity contribution in [3.05, 3.63) is 100 Å². The lowest BCUT2D eigenvalue weighted by Gasteiger charge is -2.33. The van der Waals surface area contributed by atoms with Crippen molar-refractivity contribution < 1.29 is 10.2 Å². The maximum atomic E-state index is 11.0. The zero-order valence-electron chi connectivity index (χ0n) is 17.0. The maximum absolute atomic E-state index is 11.0. The zero-order valence-corrected chi connectivity index (χ0v) is 17.8. The van der Waals surface area contributed by atoms with Gasteiger partial charge in [-0.25, -0.2) is 0 Å². The van der Waals surface area contributed by atoms with Gasteiger partial charge in [0.1, 0.15) is 5.75 Å². The number of benzene rings is 3. The first-order chi connectivity index (χ1) is 14.6. The van der Waals surface area contributed by atoms with Crippen LogP contribution in [0.2, 0.25) is 5.02 Å². The monoisotopic (exact) mass is 421 g/mol. The third kappa shape index (κ3) is 5.23. The molecule has 1 aliphatic rings. The van der Waals surface area contributed by atoms with Crippen LogP contribution >= 0.6 is 11.6 Å². The largest absolute Gasteiger partial charge is 0.508 e. The fraction of sp³-hybridized carbons (Fsp3) is 0.308. The first-order valence-corrected chi connectivity index (χ1v) is 11.0. The second-order valence-corrected chi connectivity index (χ2v) is 8.63. The molecule has 0 fully saturated rings. The molecule has 3 aromatic carbocycles. The molecule has 156 valence electrons. The summed E-state index contributed by atoms with van der Waals surface area (Å²) in [7, 11) is 0. The lowest BCUT2D eigenvalue weighted by molar-refractivity contribution is 0.0778. The highest BCUT2D eigenvalue weighted by atomic mass is 35.5. The van der Waals surface area contributed by atoms with Gasteiger partial charge in [-0.3, -0.25) is 4.90 Å². The van der Waals surface area contributed by atoms with Gasteiger partial charge in [-0.05, 0) is 72.2 Å². The van der Waals surface area contributed by atoms with E-state index in [2.05, 4.69) is 35.2 Å². The predicted octanol–water partition coefficient (Wildman–Crippen LogP) is 5.53. The second kappa shape index (κ2) is 9.65. The molecule has 4 heteroatoms. The first kappa shape index (κ1) is 20.9. The Morgan fingerprint density at radius 3 is 2.60 bits per heavy atom. The number of rotatable bonds is 6. The molecule has 0 unspecified atom stereocenters. The molecule has 0 aromatic heterocycles. The zero-order chi connectivity index (χ0) is 20.9. The number of phenols is 1. The van der Waals surface area contributed by atoms with E-state index in [0.717, 1.165) is 37.8 Å². The standard InChI is InChI=1S/C26H28ClNO2/c27-23-10-4-9-21(14-23)26(30)18-28(17-19-6-2-1-3-7-19)24-11-5-8-20-12-13-25(29)16-22(20)15-24/h1-4,6-7,9-10,12-14,16,24,26,29-30H,5,8,11,15,17-18H2/t24-,26-/m0/s1. The molecule has 4 rings (SSSR count). The third-order valence-corrected chi connectivity index (χ3v) is 6.25. The van der Waals surface area contributed by atoms with E-state index in [9.17, 15) is 10.2 Å². The minimum absolute atomic E-state index is 0.294. The average molecular weight is 422 g/mol. The molecule has 0 aliphatic heterocycles. The average Bonchev–Trinajstić information content (AvgIpc) is 2.96. The summed E-state index contributed by atoms with van der Waals surface area (Å²) >= 11 is 6.15. The number of nitrogens with zero attached hydrogens (tertiary/aromatic N) is 1. The Morgan fingerprint density at radius 1 is 0.967 bits per heavy atom. The molecule has 0 saturated carbocycles. The summed E-state index contributed by atoms with van der Waals surface area (Å²) < 4.78 is 0. The normalized spacial score (nSPS) is 17.4. The van der Waals surface area contributed by atoms with Crippen LogP contribution in [-0.2, 0) is 19.4 Å². The van der Waals surface area contributed by atoms with Gasteiger partial charge in [-0.2, -0.15) is 0 Å². The molecule has 3 aromatic rings. The number of aliphatic hydroxyl groups is 1. The fourth-order valence-corrected chi connectivity index (χ4v) is 4.64. The van der Waals surface area contributed by atoms with E-state index in [1.54, 1.807) is 6.07 Å². The highest BCUT2D eigenvalue weighted by Crippen LogP contribution is 2.29. The number of fused-ring (bicyclic) bond motifs is 1. The van der Waals surface area contributed by atoms with Gasteiger partial charge >= 0.3 is 0 Å².